The molecule has 1 heterocycles. The first-order valence-corrected chi connectivity index (χ1v) is 13.0. The molecule has 0 bridgehead atoms. The SMILES string of the molecule is CC(C)c1ccccc1O[C@H](C)C(=O)NCCOc1ccc(S(=O)(=O)N2CCCCC2)cc1. The average Bonchev–Trinajstić information content (AvgIpc) is 2.82. The van der Waals surface area contributed by atoms with Crippen molar-refractivity contribution in [3.8, 4) is 11.5 Å². The summed E-state index contributed by atoms with van der Waals surface area (Å²) in [5, 5.41) is 2.81. The van der Waals surface area contributed by atoms with E-state index in [1.54, 1.807) is 35.5 Å². The highest BCUT2D eigenvalue weighted by Crippen LogP contribution is 2.27. The molecule has 1 aliphatic rings. The van der Waals surface area contributed by atoms with Crippen molar-refractivity contribution in [1.82, 2.24) is 9.62 Å². The predicted octanol–water partition coefficient (Wildman–Crippen LogP) is 3.95. The molecule has 0 aliphatic carbocycles. The maximum Gasteiger partial charge on any atom is 0.260 e. The number of nitrogens with one attached hydrogen (secondary N) is 1. The number of benzene rings is 2. The molecule has 0 spiro atoms. The first-order chi connectivity index (χ1) is 15.8. The van der Waals surface area contributed by atoms with Crippen LogP contribution in [-0.2, 0) is 14.8 Å². The molecular weight excluding hydrogens is 440 g/mol. The molecule has 33 heavy (non-hydrogen) atoms. The van der Waals surface area contributed by atoms with Gasteiger partial charge in [-0.3, -0.25) is 4.79 Å². The third kappa shape index (κ3) is 6.71. The lowest BCUT2D eigenvalue weighted by Gasteiger charge is -2.25. The molecule has 8 heteroatoms. The van der Waals surface area contributed by atoms with E-state index in [2.05, 4.69) is 19.2 Å². The lowest BCUT2D eigenvalue weighted by atomic mass is 10.0. The van der Waals surface area contributed by atoms with E-state index in [1.807, 2.05) is 24.3 Å². The van der Waals surface area contributed by atoms with Crippen LogP contribution in [0.1, 0.15) is 51.5 Å². The van der Waals surface area contributed by atoms with Crippen molar-refractivity contribution >= 4 is 15.9 Å². The maximum absolute atomic E-state index is 12.7. The summed E-state index contributed by atoms with van der Waals surface area (Å²) in [6, 6.07) is 14.2. The molecule has 0 radical (unpaired) electrons. The van der Waals surface area contributed by atoms with Crippen molar-refractivity contribution in [3.05, 3.63) is 54.1 Å². The predicted molar refractivity (Wildman–Crippen MR) is 128 cm³/mol. The normalized spacial score (nSPS) is 15.8. The Kier molecular flexibility index (Phi) is 8.74. The van der Waals surface area contributed by atoms with Crippen LogP contribution in [0.5, 0.6) is 11.5 Å². The summed E-state index contributed by atoms with van der Waals surface area (Å²) in [6.45, 7) is 7.61. The Bertz CT molecular complexity index is 1020. The van der Waals surface area contributed by atoms with E-state index < -0.39 is 16.1 Å². The molecule has 1 amide bonds. The number of sulfonamides is 1. The molecule has 7 nitrogen and oxygen atoms in total. The van der Waals surface area contributed by atoms with Gasteiger partial charge in [-0.2, -0.15) is 4.31 Å². The maximum atomic E-state index is 12.7. The fourth-order valence-corrected chi connectivity index (χ4v) is 5.27. The number of ether oxygens (including phenoxy) is 2. The van der Waals surface area contributed by atoms with Crippen LogP contribution in [-0.4, -0.2) is 51.0 Å². The van der Waals surface area contributed by atoms with Crippen LogP contribution < -0.4 is 14.8 Å². The lowest BCUT2D eigenvalue weighted by Crippen LogP contribution is -2.38. The van der Waals surface area contributed by atoms with Gasteiger partial charge in [0, 0.05) is 13.1 Å². The van der Waals surface area contributed by atoms with Crippen molar-refractivity contribution in [3.63, 3.8) is 0 Å². The zero-order valence-corrected chi connectivity index (χ0v) is 20.4. The molecular formula is C25H34N2O5S. The number of nitrogens with zero attached hydrogens (tertiary/aromatic N) is 1. The minimum Gasteiger partial charge on any atom is -0.492 e. The van der Waals surface area contributed by atoms with E-state index in [9.17, 15) is 13.2 Å². The summed E-state index contributed by atoms with van der Waals surface area (Å²) < 4.78 is 38.5. The van der Waals surface area contributed by atoms with Gasteiger partial charge >= 0.3 is 0 Å². The van der Waals surface area contributed by atoms with Gasteiger partial charge in [0.05, 0.1) is 11.4 Å². The molecule has 1 fully saturated rings. The number of hydrogen-bond acceptors (Lipinski definition) is 5. The van der Waals surface area contributed by atoms with Gasteiger partial charge in [-0.15, -0.1) is 0 Å². The van der Waals surface area contributed by atoms with Gasteiger partial charge in [0.25, 0.3) is 5.91 Å². The van der Waals surface area contributed by atoms with Crippen LogP contribution in [0.3, 0.4) is 0 Å². The molecule has 0 saturated carbocycles. The Labute approximate surface area is 197 Å². The number of carbonyl (C=O) groups excluding carboxylic acids is 1. The van der Waals surface area contributed by atoms with Crippen LogP contribution in [0.15, 0.2) is 53.4 Å². The molecule has 3 rings (SSSR count). The summed E-state index contributed by atoms with van der Waals surface area (Å²) >= 11 is 0. The number of piperidine rings is 1. The number of carbonyl (C=O) groups is 1. The van der Waals surface area contributed by atoms with Crippen molar-refractivity contribution < 1.29 is 22.7 Å². The van der Waals surface area contributed by atoms with Crippen molar-refractivity contribution in [2.75, 3.05) is 26.2 Å². The van der Waals surface area contributed by atoms with Crippen LogP contribution >= 0.6 is 0 Å². The average molecular weight is 475 g/mol. The van der Waals surface area contributed by atoms with Crippen LogP contribution in [0, 0.1) is 0 Å². The summed E-state index contributed by atoms with van der Waals surface area (Å²) in [5.74, 6) is 1.34. The summed E-state index contributed by atoms with van der Waals surface area (Å²) in [6.07, 6.45) is 2.25. The van der Waals surface area contributed by atoms with Crippen LogP contribution in [0.25, 0.3) is 0 Å². The second-order valence-corrected chi connectivity index (χ2v) is 10.5. The lowest BCUT2D eigenvalue weighted by molar-refractivity contribution is -0.127. The van der Waals surface area contributed by atoms with Crippen LogP contribution in [0.2, 0.25) is 0 Å². The molecule has 1 saturated heterocycles. The van der Waals surface area contributed by atoms with Gasteiger partial charge in [0.1, 0.15) is 18.1 Å². The van der Waals surface area contributed by atoms with Gasteiger partial charge < -0.3 is 14.8 Å². The number of rotatable bonds is 10. The molecule has 1 aliphatic heterocycles. The summed E-state index contributed by atoms with van der Waals surface area (Å²) in [4.78, 5) is 12.7. The summed E-state index contributed by atoms with van der Waals surface area (Å²) in [7, 11) is -3.45. The van der Waals surface area contributed by atoms with Gasteiger partial charge in [0.15, 0.2) is 6.10 Å². The third-order valence-electron chi connectivity index (χ3n) is 5.66. The standard InChI is InChI=1S/C25H34N2O5S/c1-19(2)23-9-5-6-10-24(23)32-20(3)25(28)26-15-18-31-21-11-13-22(14-12-21)33(29,30)27-16-7-4-8-17-27/h5-6,9-14,19-20H,4,7-8,15-18H2,1-3H3,(H,26,28)/t20-/m1/s1. The van der Waals surface area contributed by atoms with E-state index in [0.29, 0.717) is 37.1 Å². The molecule has 2 aromatic carbocycles. The van der Waals surface area contributed by atoms with Crippen molar-refractivity contribution in [2.24, 2.45) is 0 Å². The minimum atomic E-state index is -3.45. The van der Waals surface area contributed by atoms with Gasteiger partial charge in [0.2, 0.25) is 10.0 Å². The molecule has 0 unspecified atom stereocenters. The van der Waals surface area contributed by atoms with E-state index in [0.717, 1.165) is 24.8 Å². The zero-order chi connectivity index (χ0) is 23.8. The zero-order valence-electron chi connectivity index (χ0n) is 19.6. The largest absolute Gasteiger partial charge is 0.492 e. The molecule has 0 aromatic heterocycles. The highest BCUT2D eigenvalue weighted by atomic mass is 32.2. The third-order valence-corrected chi connectivity index (χ3v) is 7.57. The van der Waals surface area contributed by atoms with E-state index in [-0.39, 0.29) is 17.4 Å². The van der Waals surface area contributed by atoms with Crippen molar-refractivity contribution in [2.45, 2.75) is 57.0 Å². The Morgan fingerprint density at radius 2 is 1.67 bits per heavy atom. The van der Waals surface area contributed by atoms with E-state index in [1.165, 1.54) is 0 Å². The van der Waals surface area contributed by atoms with E-state index >= 15 is 0 Å². The highest BCUT2D eigenvalue weighted by Gasteiger charge is 2.25. The summed E-state index contributed by atoms with van der Waals surface area (Å²) in [5.41, 5.74) is 1.06. The molecule has 1 N–H and O–H groups in total. The number of para-hydroxylation sites is 1. The smallest absolute Gasteiger partial charge is 0.260 e. The fourth-order valence-electron chi connectivity index (χ4n) is 3.76. The Morgan fingerprint density at radius 3 is 2.33 bits per heavy atom. The van der Waals surface area contributed by atoms with Crippen LogP contribution in [0.4, 0.5) is 0 Å². The Morgan fingerprint density at radius 1 is 1.00 bits per heavy atom. The topological polar surface area (TPSA) is 84.9 Å². The molecule has 1 atom stereocenters. The first kappa shape index (κ1) is 25.1. The van der Waals surface area contributed by atoms with Crippen molar-refractivity contribution in [1.29, 1.82) is 0 Å². The fraction of sp³-hybridized carbons (Fsp3) is 0.480. The Hall–Kier alpha value is -2.58. The number of hydrogen-bond donors (Lipinski definition) is 1. The van der Waals surface area contributed by atoms with Gasteiger partial charge in [-0.25, -0.2) is 8.42 Å². The highest BCUT2D eigenvalue weighted by molar-refractivity contribution is 7.89. The van der Waals surface area contributed by atoms with E-state index in [4.69, 9.17) is 9.47 Å². The van der Waals surface area contributed by atoms with Gasteiger partial charge in [-0.1, -0.05) is 38.5 Å². The quantitative estimate of drug-likeness (QED) is 0.527. The second-order valence-electron chi connectivity index (χ2n) is 8.53. The second kappa shape index (κ2) is 11.5. The minimum absolute atomic E-state index is 0.222. The Balaban J connectivity index is 1.44. The molecule has 2 aromatic rings. The number of amides is 1. The monoisotopic (exact) mass is 474 g/mol. The van der Waals surface area contributed by atoms with Gasteiger partial charge in [-0.05, 0) is 61.6 Å². The molecule has 180 valence electrons. The first-order valence-electron chi connectivity index (χ1n) is 11.6.